The monoisotopic (exact) mass is 508 g/mol. The van der Waals surface area contributed by atoms with Crippen LogP contribution in [0.2, 0.25) is 0 Å². The molecule has 8 nitrogen and oxygen atoms in total. The van der Waals surface area contributed by atoms with Crippen molar-refractivity contribution < 1.29 is 19.7 Å². The lowest BCUT2D eigenvalue weighted by Gasteiger charge is -2.35. The molecule has 0 bridgehead atoms. The van der Waals surface area contributed by atoms with E-state index in [0.29, 0.717) is 35.5 Å². The van der Waals surface area contributed by atoms with E-state index < -0.39 is 5.60 Å². The standard InChI is InChI=1S/C29H40N4O4/c1-18(2)22-15-23(25(35)16-24(22)34)27(31)26(19(3)30)21-9-7-20(8-10-21)17-32-11-13-33(14-12-32)28(36)37-29(4,5)6/h7-10,15-16,18,31,34-35H,11-14,17,30H2,1-6H3/b26-19-,31-27?. The van der Waals surface area contributed by atoms with Crippen molar-refractivity contribution in [3.8, 4) is 11.5 Å². The van der Waals surface area contributed by atoms with Crippen LogP contribution >= 0.6 is 0 Å². The Kier molecular flexibility index (Phi) is 8.53. The Morgan fingerprint density at radius 3 is 2.16 bits per heavy atom. The molecule has 5 N–H and O–H groups in total. The van der Waals surface area contributed by atoms with Crippen LogP contribution in [0.4, 0.5) is 4.79 Å². The molecule has 0 spiro atoms. The molecule has 2 aromatic carbocycles. The fourth-order valence-electron chi connectivity index (χ4n) is 4.41. The topological polar surface area (TPSA) is 123 Å². The molecule has 37 heavy (non-hydrogen) atoms. The predicted octanol–water partition coefficient (Wildman–Crippen LogP) is 5.03. The highest BCUT2D eigenvalue weighted by molar-refractivity contribution is 6.31. The van der Waals surface area contributed by atoms with Gasteiger partial charge in [-0.1, -0.05) is 38.1 Å². The fourth-order valence-corrected chi connectivity index (χ4v) is 4.41. The molecule has 1 aliphatic rings. The zero-order chi connectivity index (χ0) is 27.5. The van der Waals surface area contributed by atoms with Gasteiger partial charge in [0, 0.05) is 55.6 Å². The van der Waals surface area contributed by atoms with E-state index in [0.717, 1.165) is 30.8 Å². The van der Waals surface area contributed by atoms with Crippen LogP contribution in [0.3, 0.4) is 0 Å². The van der Waals surface area contributed by atoms with Crippen molar-refractivity contribution in [2.75, 3.05) is 26.2 Å². The van der Waals surface area contributed by atoms with Crippen molar-refractivity contribution in [1.82, 2.24) is 9.80 Å². The average molecular weight is 509 g/mol. The highest BCUT2D eigenvalue weighted by Gasteiger charge is 2.26. The van der Waals surface area contributed by atoms with E-state index in [9.17, 15) is 15.0 Å². The fraction of sp³-hybridized carbons (Fsp3) is 0.448. The molecule has 1 fully saturated rings. The van der Waals surface area contributed by atoms with E-state index in [-0.39, 0.29) is 29.2 Å². The molecule has 1 heterocycles. The quantitative estimate of drug-likeness (QED) is 0.406. The number of carbonyl (C=O) groups excluding carboxylic acids is 1. The third kappa shape index (κ3) is 7.04. The lowest BCUT2D eigenvalue weighted by atomic mass is 9.90. The first-order valence-corrected chi connectivity index (χ1v) is 12.7. The molecular weight excluding hydrogens is 468 g/mol. The number of aromatic hydroxyl groups is 2. The first-order valence-electron chi connectivity index (χ1n) is 12.7. The Balaban J connectivity index is 1.70. The largest absolute Gasteiger partial charge is 0.508 e. The van der Waals surface area contributed by atoms with Gasteiger partial charge in [-0.25, -0.2) is 4.79 Å². The Bertz CT molecular complexity index is 1170. The highest BCUT2D eigenvalue weighted by atomic mass is 16.6. The molecular formula is C29H40N4O4. The van der Waals surface area contributed by atoms with Crippen LogP contribution in [-0.4, -0.2) is 63.6 Å². The highest BCUT2D eigenvalue weighted by Crippen LogP contribution is 2.35. The van der Waals surface area contributed by atoms with Gasteiger partial charge in [0.25, 0.3) is 0 Å². The number of ether oxygens (including phenoxy) is 1. The van der Waals surface area contributed by atoms with Gasteiger partial charge < -0.3 is 25.6 Å². The zero-order valence-electron chi connectivity index (χ0n) is 22.8. The summed E-state index contributed by atoms with van der Waals surface area (Å²) in [6.07, 6.45) is -0.268. The number of nitrogens with zero attached hydrogens (tertiary/aromatic N) is 2. The minimum atomic E-state index is -0.501. The number of nitrogens with two attached hydrogens (primary N) is 1. The third-order valence-corrected chi connectivity index (χ3v) is 6.35. The molecule has 0 atom stereocenters. The van der Waals surface area contributed by atoms with E-state index in [1.165, 1.54) is 6.07 Å². The second kappa shape index (κ2) is 11.3. The third-order valence-electron chi connectivity index (χ3n) is 6.35. The molecule has 200 valence electrons. The lowest BCUT2D eigenvalue weighted by molar-refractivity contribution is 0.0139. The first-order chi connectivity index (χ1) is 17.3. The second-order valence-electron chi connectivity index (χ2n) is 11.0. The predicted molar refractivity (Wildman–Crippen MR) is 147 cm³/mol. The minimum Gasteiger partial charge on any atom is -0.508 e. The summed E-state index contributed by atoms with van der Waals surface area (Å²) < 4.78 is 5.48. The summed E-state index contributed by atoms with van der Waals surface area (Å²) in [5.41, 5.74) is 9.69. The summed E-state index contributed by atoms with van der Waals surface area (Å²) in [6, 6.07) is 10.9. The number of hydrogen-bond donors (Lipinski definition) is 4. The molecule has 2 aromatic rings. The summed E-state index contributed by atoms with van der Waals surface area (Å²) >= 11 is 0. The van der Waals surface area contributed by atoms with Crippen LogP contribution in [0, 0.1) is 5.41 Å². The van der Waals surface area contributed by atoms with Crippen molar-refractivity contribution in [3.63, 3.8) is 0 Å². The number of amides is 1. The Hall–Kier alpha value is -3.52. The number of phenols is 2. The molecule has 8 heteroatoms. The van der Waals surface area contributed by atoms with Gasteiger partial charge in [-0.15, -0.1) is 0 Å². The van der Waals surface area contributed by atoms with E-state index in [4.69, 9.17) is 15.9 Å². The van der Waals surface area contributed by atoms with Gasteiger partial charge in [-0.05, 0) is 56.4 Å². The molecule has 0 aromatic heterocycles. The van der Waals surface area contributed by atoms with E-state index in [1.54, 1.807) is 17.9 Å². The van der Waals surface area contributed by atoms with Crippen molar-refractivity contribution in [2.24, 2.45) is 5.73 Å². The van der Waals surface area contributed by atoms with Gasteiger partial charge in [-0.2, -0.15) is 0 Å². The number of phenolic OH excluding ortho intramolecular Hbond substituents is 2. The van der Waals surface area contributed by atoms with E-state index in [2.05, 4.69) is 4.90 Å². The van der Waals surface area contributed by atoms with Crippen molar-refractivity contribution in [3.05, 3.63) is 64.3 Å². The Morgan fingerprint density at radius 2 is 1.65 bits per heavy atom. The van der Waals surface area contributed by atoms with Gasteiger partial charge in [0.2, 0.25) is 0 Å². The number of piperazine rings is 1. The number of hydrogen-bond acceptors (Lipinski definition) is 7. The van der Waals surface area contributed by atoms with Gasteiger partial charge in [-0.3, -0.25) is 10.3 Å². The summed E-state index contributed by atoms with van der Waals surface area (Å²) in [7, 11) is 0. The molecule has 1 aliphatic heterocycles. The molecule has 0 saturated carbocycles. The molecule has 1 amide bonds. The van der Waals surface area contributed by atoms with Crippen LogP contribution in [0.1, 0.15) is 69.7 Å². The van der Waals surface area contributed by atoms with E-state index >= 15 is 0 Å². The molecule has 3 rings (SSSR count). The Morgan fingerprint density at radius 1 is 1.05 bits per heavy atom. The number of benzene rings is 2. The maximum atomic E-state index is 12.3. The molecule has 1 saturated heterocycles. The SMILES string of the molecule is C/C(N)=C(/C(=N)c1cc(C(C)C)c(O)cc1O)c1ccc(CN2CCN(C(=O)OC(C)(C)C)CC2)cc1. The van der Waals surface area contributed by atoms with Gasteiger partial charge >= 0.3 is 6.09 Å². The van der Waals surface area contributed by atoms with Crippen LogP contribution in [0.5, 0.6) is 11.5 Å². The average Bonchev–Trinajstić information content (AvgIpc) is 2.79. The van der Waals surface area contributed by atoms with Crippen LogP contribution in [-0.2, 0) is 11.3 Å². The van der Waals surface area contributed by atoms with E-state index in [1.807, 2.05) is 58.9 Å². The maximum absolute atomic E-state index is 12.3. The van der Waals surface area contributed by atoms with Gasteiger partial charge in [0.05, 0.1) is 5.71 Å². The Labute approximate surface area is 219 Å². The number of rotatable bonds is 6. The minimum absolute atomic E-state index is 0.00957. The summed E-state index contributed by atoms with van der Waals surface area (Å²) in [6.45, 7) is 14.8. The van der Waals surface area contributed by atoms with Crippen molar-refractivity contribution >= 4 is 17.4 Å². The summed E-state index contributed by atoms with van der Waals surface area (Å²) in [5.74, 6) is -0.119. The van der Waals surface area contributed by atoms with Crippen LogP contribution < -0.4 is 5.73 Å². The molecule has 0 aliphatic carbocycles. The van der Waals surface area contributed by atoms with Crippen molar-refractivity contribution in [1.29, 1.82) is 5.41 Å². The number of carbonyl (C=O) groups is 1. The normalized spacial score (nSPS) is 15.5. The summed E-state index contributed by atoms with van der Waals surface area (Å²) in [5, 5.41) is 29.5. The molecule has 0 unspecified atom stereocenters. The maximum Gasteiger partial charge on any atom is 0.410 e. The second-order valence-corrected chi connectivity index (χ2v) is 11.0. The number of allylic oxidation sites excluding steroid dienone is 2. The zero-order valence-corrected chi connectivity index (χ0v) is 22.8. The lowest BCUT2D eigenvalue weighted by Crippen LogP contribution is -2.49. The van der Waals surface area contributed by atoms with Gasteiger partial charge in [0.1, 0.15) is 17.1 Å². The first kappa shape index (κ1) is 28.1. The molecule has 0 radical (unpaired) electrons. The van der Waals surface area contributed by atoms with Gasteiger partial charge in [0.15, 0.2) is 0 Å². The van der Waals surface area contributed by atoms with Crippen LogP contribution in [0.25, 0.3) is 5.57 Å². The number of nitrogens with one attached hydrogen (secondary N) is 1. The van der Waals surface area contributed by atoms with Crippen LogP contribution in [0.15, 0.2) is 42.1 Å². The van der Waals surface area contributed by atoms with Crippen molar-refractivity contribution in [2.45, 2.75) is 59.6 Å². The smallest absolute Gasteiger partial charge is 0.410 e. The summed E-state index contributed by atoms with van der Waals surface area (Å²) in [4.78, 5) is 16.4.